The molecule has 1 aromatic heterocycles. The van der Waals surface area contributed by atoms with Gasteiger partial charge in [-0.05, 0) is 43.7 Å². The summed E-state index contributed by atoms with van der Waals surface area (Å²) < 4.78 is 0. The third-order valence-electron chi connectivity index (χ3n) is 4.81. The van der Waals surface area contributed by atoms with Gasteiger partial charge in [0, 0.05) is 18.9 Å². The Morgan fingerprint density at radius 2 is 1.96 bits per heavy atom. The minimum Gasteiger partial charge on any atom is -0.349 e. The zero-order chi connectivity index (χ0) is 18.2. The first-order chi connectivity index (χ1) is 12.0. The molecule has 1 atom stereocenters. The number of aromatic nitrogens is 1. The Morgan fingerprint density at radius 1 is 1.24 bits per heavy atom. The second-order valence-electron chi connectivity index (χ2n) is 6.70. The molecule has 0 aliphatic heterocycles. The van der Waals surface area contributed by atoms with Crippen molar-refractivity contribution in [2.45, 2.75) is 58.4 Å². The van der Waals surface area contributed by atoms with Crippen LogP contribution in [0.15, 0.2) is 18.5 Å². The Balaban J connectivity index is 1.89. The Kier molecular flexibility index (Phi) is 7.10. The number of aryl methyl sites for hydroxylation is 1. The summed E-state index contributed by atoms with van der Waals surface area (Å²) in [5.74, 6) is -1.13. The standard InChI is InChI=1S/C19H27N3O3/c1-3-16(22-18(24)15-12-20-10-9-13(15)2)17(23)19(25)21-11-14-7-5-4-6-8-14/h9-10,12,14,16H,3-8,11H2,1-2H3,(H,21,25)(H,22,24). The molecule has 1 aromatic rings. The van der Waals surface area contributed by atoms with Crippen LogP contribution >= 0.6 is 0 Å². The van der Waals surface area contributed by atoms with Crippen molar-refractivity contribution in [2.24, 2.45) is 5.92 Å². The highest BCUT2D eigenvalue weighted by Crippen LogP contribution is 2.22. The van der Waals surface area contributed by atoms with Crippen molar-refractivity contribution in [1.29, 1.82) is 0 Å². The van der Waals surface area contributed by atoms with Gasteiger partial charge in [0.1, 0.15) is 0 Å². The van der Waals surface area contributed by atoms with Crippen LogP contribution in [0.3, 0.4) is 0 Å². The molecule has 1 unspecified atom stereocenters. The smallest absolute Gasteiger partial charge is 0.289 e. The van der Waals surface area contributed by atoms with E-state index in [9.17, 15) is 14.4 Å². The molecule has 0 spiro atoms. The summed E-state index contributed by atoms with van der Waals surface area (Å²) in [6.07, 6.45) is 9.25. The normalized spacial score (nSPS) is 16.1. The minimum atomic E-state index is -0.821. The predicted molar refractivity (Wildman–Crippen MR) is 95.1 cm³/mol. The van der Waals surface area contributed by atoms with E-state index >= 15 is 0 Å². The Labute approximate surface area is 148 Å². The van der Waals surface area contributed by atoms with E-state index < -0.39 is 17.7 Å². The van der Waals surface area contributed by atoms with E-state index in [1.807, 2.05) is 0 Å². The van der Waals surface area contributed by atoms with Crippen LogP contribution in [0.4, 0.5) is 0 Å². The fraction of sp³-hybridized carbons (Fsp3) is 0.579. The van der Waals surface area contributed by atoms with Crippen molar-refractivity contribution in [2.75, 3.05) is 6.54 Å². The molecule has 25 heavy (non-hydrogen) atoms. The molecule has 136 valence electrons. The van der Waals surface area contributed by atoms with Gasteiger partial charge in [-0.25, -0.2) is 0 Å². The molecule has 0 radical (unpaired) electrons. The van der Waals surface area contributed by atoms with Gasteiger partial charge in [-0.1, -0.05) is 26.2 Å². The van der Waals surface area contributed by atoms with E-state index in [1.165, 1.54) is 25.5 Å². The average Bonchev–Trinajstić information content (AvgIpc) is 2.64. The number of nitrogens with one attached hydrogen (secondary N) is 2. The van der Waals surface area contributed by atoms with E-state index in [1.54, 1.807) is 26.1 Å². The lowest BCUT2D eigenvalue weighted by atomic mass is 9.89. The molecule has 0 saturated heterocycles. The molecule has 1 saturated carbocycles. The maximum atomic E-state index is 12.4. The maximum Gasteiger partial charge on any atom is 0.289 e. The van der Waals surface area contributed by atoms with E-state index in [2.05, 4.69) is 15.6 Å². The van der Waals surface area contributed by atoms with E-state index in [0.29, 0.717) is 24.4 Å². The summed E-state index contributed by atoms with van der Waals surface area (Å²) in [6, 6.07) is 0.910. The number of pyridine rings is 1. The summed E-state index contributed by atoms with van der Waals surface area (Å²) in [6.45, 7) is 4.11. The number of amides is 2. The lowest BCUT2D eigenvalue weighted by Gasteiger charge is -2.22. The molecule has 2 amide bonds. The third kappa shape index (κ3) is 5.37. The van der Waals surface area contributed by atoms with Crippen LogP contribution in [-0.4, -0.2) is 35.2 Å². The fourth-order valence-electron chi connectivity index (χ4n) is 3.16. The lowest BCUT2D eigenvalue weighted by Crippen LogP contribution is -2.48. The van der Waals surface area contributed by atoms with E-state index in [0.717, 1.165) is 18.4 Å². The molecule has 1 fully saturated rings. The molecule has 2 rings (SSSR count). The zero-order valence-electron chi connectivity index (χ0n) is 15.0. The molecule has 1 aliphatic carbocycles. The van der Waals surface area contributed by atoms with Crippen LogP contribution in [0.25, 0.3) is 0 Å². The molecule has 2 N–H and O–H groups in total. The number of hydrogen-bond donors (Lipinski definition) is 2. The van der Waals surface area contributed by atoms with Gasteiger partial charge >= 0.3 is 0 Å². The Bertz CT molecular complexity index is 624. The number of nitrogens with zero attached hydrogens (tertiary/aromatic N) is 1. The van der Waals surface area contributed by atoms with Crippen molar-refractivity contribution in [3.8, 4) is 0 Å². The number of carbonyl (C=O) groups is 3. The number of hydrogen-bond acceptors (Lipinski definition) is 4. The highest BCUT2D eigenvalue weighted by atomic mass is 16.2. The topological polar surface area (TPSA) is 88.2 Å². The number of rotatable bonds is 7. The van der Waals surface area contributed by atoms with Crippen molar-refractivity contribution in [3.05, 3.63) is 29.6 Å². The van der Waals surface area contributed by atoms with Gasteiger partial charge in [-0.2, -0.15) is 0 Å². The van der Waals surface area contributed by atoms with Gasteiger partial charge in [0.05, 0.1) is 11.6 Å². The summed E-state index contributed by atoms with van der Waals surface area (Å²) in [4.78, 5) is 40.8. The Hall–Kier alpha value is -2.24. The highest BCUT2D eigenvalue weighted by molar-refractivity contribution is 6.38. The van der Waals surface area contributed by atoms with Gasteiger partial charge in [0.2, 0.25) is 5.78 Å². The summed E-state index contributed by atoms with van der Waals surface area (Å²) in [7, 11) is 0. The molecular formula is C19H27N3O3. The first-order valence-electron chi connectivity index (χ1n) is 9.06. The first-order valence-corrected chi connectivity index (χ1v) is 9.06. The van der Waals surface area contributed by atoms with Crippen molar-refractivity contribution in [1.82, 2.24) is 15.6 Å². The van der Waals surface area contributed by atoms with Gasteiger partial charge < -0.3 is 10.6 Å². The molecule has 1 aliphatic rings. The Morgan fingerprint density at radius 3 is 2.60 bits per heavy atom. The van der Waals surface area contributed by atoms with Gasteiger partial charge in [0.25, 0.3) is 11.8 Å². The number of Topliss-reactive ketones (excluding diaryl/α,β-unsaturated/α-hetero) is 1. The van der Waals surface area contributed by atoms with Crippen LogP contribution in [0.5, 0.6) is 0 Å². The first kappa shape index (κ1) is 19.1. The van der Waals surface area contributed by atoms with Crippen molar-refractivity contribution in [3.63, 3.8) is 0 Å². The molecule has 0 aromatic carbocycles. The SMILES string of the molecule is CCC(NC(=O)c1cnccc1C)C(=O)C(=O)NCC1CCCCC1. The fourth-order valence-corrected chi connectivity index (χ4v) is 3.16. The molecule has 6 heteroatoms. The van der Waals surface area contributed by atoms with Gasteiger partial charge in [-0.15, -0.1) is 0 Å². The van der Waals surface area contributed by atoms with Gasteiger partial charge in [-0.3, -0.25) is 19.4 Å². The second kappa shape index (κ2) is 9.30. The van der Waals surface area contributed by atoms with Crippen molar-refractivity contribution >= 4 is 17.6 Å². The van der Waals surface area contributed by atoms with Crippen LogP contribution in [-0.2, 0) is 9.59 Å². The number of carbonyl (C=O) groups excluding carboxylic acids is 3. The minimum absolute atomic E-state index is 0.362. The predicted octanol–water partition coefficient (Wildman–Crippen LogP) is 2.16. The quantitative estimate of drug-likeness (QED) is 0.741. The summed E-state index contributed by atoms with van der Waals surface area (Å²) >= 11 is 0. The van der Waals surface area contributed by atoms with E-state index in [-0.39, 0.29) is 5.91 Å². The average molecular weight is 345 g/mol. The monoisotopic (exact) mass is 345 g/mol. The maximum absolute atomic E-state index is 12.4. The summed E-state index contributed by atoms with van der Waals surface area (Å²) in [5.41, 5.74) is 1.19. The van der Waals surface area contributed by atoms with Crippen LogP contribution in [0, 0.1) is 12.8 Å². The largest absolute Gasteiger partial charge is 0.349 e. The highest BCUT2D eigenvalue weighted by Gasteiger charge is 2.26. The molecule has 1 heterocycles. The van der Waals surface area contributed by atoms with E-state index in [4.69, 9.17) is 0 Å². The third-order valence-corrected chi connectivity index (χ3v) is 4.81. The molecular weight excluding hydrogens is 318 g/mol. The molecule has 0 bridgehead atoms. The second-order valence-corrected chi connectivity index (χ2v) is 6.70. The van der Waals surface area contributed by atoms with Crippen LogP contribution < -0.4 is 10.6 Å². The zero-order valence-corrected chi connectivity index (χ0v) is 15.0. The number of ketones is 1. The lowest BCUT2D eigenvalue weighted by molar-refractivity contribution is -0.139. The van der Waals surface area contributed by atoms with Crippen molar-refractivity contribution < 1.29 is 14.4 Å². The molecule has 6 nitrogen and oxygen atoms in total. The summed E-state index contributed by atoms with van der Waals surface area (Å²) in [5, 5.41) is 5.39. The van der Waals surface area contributed by atoms with Crippen LogP contribution in [0.2, 0.25) is 0 Å². The van der Waals surface area contributed by atoms with Crippen LogP contribution in [0.1, 0.15) is 61.4 Å². The van der Waals surface area contributed by atoms with Gasteiger partial charge in [0.15, 0.2) is 0 Å².